The van der Waals surface area contributed by atoms with Crippen molar-refractivity contribution in [1.29, 1.82) is 5.26 Å². The van der Waals surface area contributed by atoms with Crippen molar-refractivity contribution in [2.24, 2.45) is 0 Å². The molecular weight excluding hydrogens is 130 g/mol. The van der Waals surface area contributed by atoms with Gasteiger partial charge in [0, 0.05) is 6.61 Å². The molecule has 0 saturated carbocycles. The largest absolute Gasteiger partial charge is 0.356 e. The Bertz CT molecular complexity index is 109. The third-order valence-electron chi connectivity index (χ3n) is 1.02. The molecule has 0 saturated heterocycles. The summed E-state index contributed by atoms with van der Waals surface area (Å²) in [6.07, 6.45) is 0.407. The SMILES string of the molecule is CCOCOC(C)CC#N. The molecule has 0 rings (SSSR count). The van der Waals surface area contributed by atoms with Gasteiger partial charge in [-0.05, 0) is 13.8 Å². The zero-order valence-electron chi connectivity index (χ0n) is 6.46. The molecule has 0 aromatic heterocycles. The molecule has 1 atom stereocenters. The van der Waals surface area contributed by atoms with E-state index in [0.29, 0.717) is 19.8 Å². The highest BCUT2D eigenvalue weighted by Crippen LogP contribution is 1.94. The highest BCUT2D eigenvalue weighted by molar-refractivity contribution is 4.72. The lowest BCUT2D eigenvalue weighted by Gasteiger charge is -2.07. The summed E-state index contributed by atoms with van der Waals surface area (Å²) in [6, 6.07) is 2.01. The molecular formula is C7H13NO2. The number of nitrogens with zero attached hydrogens (tertiary/aromatic N) is 1. The van der Waals surface area contributed by atoms with Gasteiger partial charge in [0.1, 0.15) is 6.79 Å². The van der Waals surface area contributed by atoms with Crippen LogP contribution in [0.4, 0.5) is 0 Å². The lowest BCUT2D eigenvalue weighted by molar-refractivity contribution is -0.0786. The van der Waals surface area contributed by atoms with E-state index in [1.165, 1.54) is 0 Å². The number of nitriles is 1. The predicted molar refractivity (Wildman–Crippen MR) is 37.3 cm³/mol. The van der Waals surface area contributed by atoms with Crippen molar-refractivity contribution in [3.8, 4) is 6.07 Å². The van der Waals surface area contributed by atoms with E-state index in [-0.39, 0.29) is 6.10 Å². The molecule has 0 spiro atoms. The molecule has 0 heterocycles. The summed E-state index contributed by atoms with van der Waals surface area (Å²) >= 11 is 0. The van der Waals surface area contributed by atoms with E-state index in [0.717, 1.165) is 0 Å². The Morgan fingerprint density at radius 1 is 1.60 bits per heavy atom. The quantitative estimate of drug-likeness (QED) is 0.430. The Morgan fingerprint density at radius 2 is 2.30 bits per heavy atom. The maximum Gasteiger partial charge on any atom is 0.147 e. The molecule has 3 heteroatoms. The number of hydrogen-bond acceptors (Lipinski definition) is 3. The van der Waals surface area contributed by atoms with Gasteiger partial charge in [-0.1, -0.05) is 0 Å². The first-order chi connectivity index (χ1) is 4.81. The molecule has 0 amide bonds. The molecule has 0 aromatic rings. The fourth-order valence-corrected chi connectivity index (χ4v) is 0.435. The Morgan fingerprint density at radius 3 is 2.80 bits per heavy atom. The first-order valence-electron chi connectivity index (χ1n) is 3.37. The smallest absolute Gasteiger partial charge is 0.147 e. The maximum absolute atomic E-state index is 8.22. The number of rotatable bonds is 5. The van der Waals surface area contributed by atoms with E-state index in [1.807, 2.05) is 19.9 Å². The van der Waals surface area contributed by atoms with E-state index in [4.69, 9.17) is 14.7 Å². The van der Waals surface area contributed by atoms with Crippen LogP contribution in [0.3, 0.4) is 0 Å². The first-order valence-corrected chi connectivity index (χ1v) is 3.37. The zero-order valence-corrected chi connectivity index (χ0v) is 6.46. The highest BCUT2D eigenvalue weighted by Gasteiger charge is 1.98. The topological polar surface area (TPSA) is 42.2 Å². The second-order valence-electron chi connectivity index (χ2n) is 1.95. The predicted octanol–water partition coefficient (Wildman–Crippen LogP) is 1.30. The van der Waals surface area contributed by atoms with E-state index in [2.05, 4.69) is 0 Å². The normalized spacial score (nSPS) is 12.5. The Balaban J connectivity index is 3.06. The summed E-state index contributed by atoms with van der Waals surface area (Å²) in [5, 5.41) is 8.22. The third-order valence-corrected chi connectivity index (χ3v) is 1.02. The Hall–Kier alpha value is -0.590. The molecule has 0 aliphatic rings. The van der Waals surface area contributed by atoms with E-state index < -0.39 is 0 Å². The standard InChI is InChI=1S/C7H13NO2/c1-3-9-6-10-7(2)4-5-8/h7H,3-4,6H2,1-2H3. The molecule has 0 N–H and O–H groups in total. The average Bonchev–Trinajstić information content (AvgIpc) is 1.89. The van der Waals surface area contributed by atoms with E-state index in [9.17, 15) is 0 Å². The molecule has 0 aliphatic carbocycles. The van der Waals surface area contributed by atoms with Crippen molar-refractivity contribution < 1.29 is 9.47 Å². The van der Waals surface area contributed by atoms with Crippen molar-refractivity contribution >= 4 is 0 Å². The van der Waals surface area contributed by atoms with Crippen LogP contribution in [0.25, 0.3) is 0 Å². The van der Waals surface area contributed by atoms with Gasteiger partial charge >= 0.3 is 0 Å². The summed E-state index contributed by atoms with van der Waals surface area (Å²) in [6.45, 7) is 4.69. The van der Waals surface area contributed by atoms with E-state index >= 15 is 0 Å². The third kappa shape index (κ3) is 5.54. The van der Waals surface area contributed by atoms with Gasteiger partial charge < -0.3 is 9.47 Å². The number of ether oxygens (including phenoxy) is 2. The van der Waals surface area contributed by atoms with Gasteiger partial charge in [-0.2, -0.15) is 5.26 Å². The fraction of sp³-hybridized carbons (Fsp3) is 0.857. The minimum absolute atomic E-state index is 0.0171. The highest BCUT2D eigenvalue weighted by atomic mass is 16.7. The van der Waals surface area contributed by atoms with Gasteiger partial charge in [0.05, 0.1) is 18.6 Å². The summed E-state index contributed by atoms with van der Waals surface area (Å²) in [7, 11) is 0. The van der Waals surface area contributed by atoms with Gasteiger partial charge in [-0.25, -0.2) is 0 Å². The molecule has 0 fully saturated rings. The summed E-state index contributed by atoms with van der Waals surface area (Å²) < 4.78 is 10.00. The van der Waals surface area contributed by atoms with Crippen molar-refractivity contribution in [1.82, 2.24) is 0 Å². The molecule has 1 unspecified atom stereocenters. The van der Waals surface area contributed by atoms with Crippen molar-refractivity contribution in [2.75, 3.05) is 13.4 Å². The summed E-state index contributed by atoms with van der Waals surface area (Å²) in [5.74, 6) is 0. The Kier molecular flexibility index (Phi) is 6.14. The van der Waals surface area contributed by atoms with Crippen LogP contribution in [0.2, 0.25) is 0 Å². The van der Waals surface area contributed by atoms with Gasteiger partial charge in [0.15, 0.2) is 0 Å². The second kappa shape index (κ2) is 6.53. The van der Waals surface area contributed by atoms with Crippen LogP contribution < -0.4 is 0 Å². The van der Waals surface area contributed by atoms with Crippen LogP contribution in [0.15, 0.2) is 0 Å². The zero-order chi connectivity index (χ0) is 7.82. The van der Waals surface area contributed by atoms with Gasteiger partial charge in [-0.15, -0.1) is 0 Å². The molecule has 0 radical (unpaired) electrons. The molecule has 0 bridgehead atoms. The second-order valence-corrected chi connectivity index (χ2v) is 1.95. The minimum Gasteiger partial charge on any atom is -0.356 e. The van der Waals surface area contributed by atoms with Crippen LogP contribution in [0.5, 0.6) is 0 Å². The molecule has 58 valence electrons. The molecule has 10 heavy (non-hydrogen) atoms. The fourth-order valence-electron chi connectivity index (χ4n) is 0.435. The van der Waals surface area contributed by atoms with E-state index in [1.54, 1.807) is 0 Å². The van der Waals surface area contributed by atoms with Crippen LogP contribution in [0.1, 0.15) is 20.3 Å². The van der Waals surface area contributed by atoms with Gasteiger partial charge in [-0.3, -0.25) is 0 Å². The van der Waals surface area contributed by atoms with Crippen molar-refractivity contribution in [2.45, 2.75) is 26.4 Å². The van der Waals surface area contributed by atoms with Crippen LogP contribution >= 0.6 is 0 Å². The van der Waals surface area contributed by atoms with Gasteiger partial charge in [0.25, 0.3) is 0 Å². The van der Waals surface area contributed by atoms with Crippen LogP contribution in [-0.4, -0.2) is 19.5 Å². The molecule has 0 aliphatic heterocycles. The lowest BCUT2D eigenvalue weighted by Crippen LogP contribution is -2.10. The van der Waals surface area contributed by atoms with Crippen molar-refractivity contribution in [3.05, 3.63) is 0 Å². The summed E-state index contributed by atoms with van der Waals surface area (Å²) in [5.41, 5.74) is 0. The van der Waals surface area contributed by atoms with Crippen molar-refractivity contribution in [3.63, 3.8) is 0 Å². The molecule has 0 aromatic carbocycles. The van der Waals surface area contributed by atoms with Crippen LogP contribution in [-0.2, 0) is 9.47 Å². The number of hydrogen-bond donors (Lipinski definition) is 0. The first kappa shape index (κ1) is 9.41. The van der Waals surface area contributed by atoms with Gasteiger partial charge in [0.2, 0.25) is 0 Å². The molecule has 3 nitrogen and oxygen atoms in total. The monoisotopic (exact) mass is 143 g/mol. The average molecular weight is 143 g/mol. The lowest BCUT2D eigenvalue weighted by atomic mass is 10.3. The maximum atomic E-state index is 8.22. The Labute approximate surface area is 61.5 Å². The minimum atomic E-state index is -0.0171. The summed E-state index contributed by atoms with van der Waals surface area (Å²) in [4.78, 5) is 0. The van der Waals surface area contributed by atoms with Crippen LogP contribution in [0, 0.1) is 11.3 Å².